The third-order valence-corrected chi connectivity index (χ3v) is 5.01. The van der Waals surface area contributed by atoms with E-state index in [9.17, 15) is 13.2 Å². The van der Waals surface area contributed by atoms with Gasteiger partial charge in [-0.1, -0.05) is 28.9 Å². The average molecular weight is 444 g/mol. The van der Waals surface area contributed by atoms with Crippen LogP contribution in [0.1, 0.15) is 11.3 Å². The summed E-state index contributed by atoms with van der Waals surface area (Å²) in [7, 11) is 0. The number of halogens is 4. The molecule has 0 spiro atoms. The summed E-state index contributed by atoms with van der Waals surface area (Å²) in [6, 6.07) is 13.7. The van der Waals surface area contributed by atoms with E-state index in [0.717, 1.165) is 12.1 Å². The monoisotopic (exact) mass is 443 g/mol. The van der Waals surface area contributed by atoms with Crippen LogP contribution in [0.25, 0.3) is 27.8 Å². The maximum absolute atomic E-state index is 13.2. The van der Waals surface area contributed by atoms with Crippen molar-refractivity contribution in [3.63, 3.8) is 0 Å². The van der Waals surface area contributed by atoms with E-state index < -0.39 is 11.7 Å². The fourth-order valence-corrected chi connectivity index (χ4v) is 3.51. The molecule has 0 atom stereocenters. The summed E-state index contributed by atoms with van der Waals surface area (Å²) in [4.78, 5) is 4.62. The zero-order valence-corrected chi connectivity index (χ0v) is 16.4. The van der Waals surface area contributed by atoms with Crippen molar-refractivity contribution < 1.29 is 17.6 Å². The highest BCUT2D eigenvalue weighted by molar-refractivity contribution is 6.31. The predicted molar refractivity (Wildman–Crippen MR) is 110 cm³/mol. The minimum atomic E-state index is -4.47. The smallest absolute Gasteiger partial charge is 0.416 e. The molecular weight excluding hydrogens is 431 g/mol. The number of alkyl halides is 3. The molecule has 10 heteroatoms. The molecule has 3 heterocycles. The molecule has 0 amide bonds. The fraction of sp³-hybridized carbons (Fsp3) is 0.0952. The quantitative estimate of drug-likeness (QED) is 0.379. The molecular formula is C21H13ClF3N5O. The Balaban J connectivity index is 1.68. The first-order chi connectivity index (χ1) is 14.9. The molecule has 0 saturated carbocycles. The molecule has 0 unspecified atom stereocenters. The second-order valence-electron chi connectivity index (χ2n) is 6.81. The highest BCUT2D eigenvalue weighted by atomic mass is 35.5. The first kappa shape index (κ1) is 19.4. The lowest BCUT2D eigenvalue weighted by Crippen LogP contribution is -2.05. The third-order valence-electron chi connectivity index (χ3n) is 4.78. The van der Waals surface area contributed by atoms with Crippen molar-refractivity contribution in [3.05, 3.63) is 77.2 Å². The number of hydrogen-bond donors (Lipinski definition) is 1. The fourth-order valence-electron chi connectivity index (χ4n) is 3.34. The first-order valence-electron chi connectivity index (χ1n) is 9.19. The Morgan fingerprint density at radius 1 is 1.06 bits per heavy atom. The van der Waals surface area contributed by atoms with Gasteiger partial charge in [0.05, 0.1) is 23.9 Å². The van der Waals surface area contributed by atoms with Crippen LogP contribution in [0.5, 0.6) is 0 Å². The van der Waals surface area contributed by atoms with Gasteiger partial charge in [0.15, 0.2) is 5.65 Å². The van der Waals surface area contributed by atoms with Crippen molar-refractivity contribution in [1.29, 1.82) is 0 Å². The van der Waals surface area contributed by atoms with Gasteiger partial charge in [0, 0.05) is 16.0 Å². The minimum Gasteiger partial charge on any atom is -0.467 e. The predicted octanol–water partition coefficient (Wildman–Crippen LogP) is 5.82. The Hall–Kier alpha value is -3.59. The van der Waals surface area contributed by atoms with Gasteiger partial charge >= 0.3 is 6.18 Å². The molecule has 2 aromatic carbocycles. The van der Waals surface area contributed by atoms with Gasteiger partial charge in [-0.15, -0.1) is 5.10 Å². The zero-order valence-electron chi connectivity index (χ0n) is 15.7. The van der Waals surface area contributed by atoms with Gasteiger partial charge in [-0.3, -0.25) is 0 Å². The summed E-state index contributed by atoms with van der Waals surface area (Å²) < 4.78 is 46.4. The highest BCUT2D eigenvalue weighted by Crippen LogP contribution is 2.34. The largest absolute Gasteiger partial charge is 0.467 e. The minimum absolute atomic E-state index is 0.240. The Labute approximate surface area is 178 Å². The number of nitrogens with zero attached hydrogens (tertiary/aromatic N) is 4. The lowest BCUT2D eigenvalue weighted by molar-refractivity contribution is -0.137. The van der Waals surface area contributed by atoms with E-state index in [0.29, 0.717) is 39.7 Å². The van der Waals surface area contributed by atoms with Crippen molar-refractivity contribution in [1.82, 2.24) is 19.8 Å². The van der Waals surface area contributed by atoms with Gasteiger partial charge in [-0.05, 0) is 42.5 Å². The van der Waals surface area contributed by atoms with Crippen LogP contribution < -0.4 is 5.32 Å². The average Bonchev–Trinajstić information content (AvgIpc) is 3.41. The molecule has 5 rings (SSSR count). The Kier molecular flexibility index (Phi) is 4.55. The summed E-state index contributed by atoms with van der Waals surface area (Å²) >= 11 is 6.18. The number of hydrogen-bond acceptors (Lipinski definition) is 5. The van der Waals surface area contributed by atoms with Crippen molar-refractivity contribution in [2.45, 2.75) is 12.7 Å². The molecule has 0 saturated heterocycles. The summed E-state index contributed by atoms with van der Waals surface area (Å²) in [6.07, 6.45) is -2.90. The molecule has 5 aromatic rings. The number of benzene rings is 2. The van der Waals surface area contributed by atoms with Crippen molar-refractivity contribution in [3.8, 4) is 11.3 Å². The molecule has 3 aromatic heterocycles. The molecule has 0 aliphatic heterocycles. The topological polar surface area (TPSA) is 68.2 Å². The number of furan rings is 1. The second-order valence-corrected chi connectivity index (χ2v) is 7.24. The van der Waals surface area contributed by atoms with Crippen molar-refractivity contribution in [2.24, 2.45) is 0 Å². The van der Waals surface area contributed by atoms with Gasteiger partial charge in [-0.25, -0.2) is 4.98 Å². The molecule has 0 aliphatic rings. The van der Waals surface area contributed by atoms with E-state index in [-0.39, 0.29) is 11.3 Å². The van der Waals surface area contributed by atoms with E-state index in [2.05, 4.69) is 20.6 Å². The van der Waals surface area contributed by atoms with Crippen LogP contribution in [0, 0.1) is 0 Å². The molecule has 0 radical (unpaired) electrons. The van der Waals surface area contributed by atoms with Crippen LogP contribution in [0.2, 0.25) is 5.02 Å². The van der Waals surface area contributed by atoms with E-state index in [4.69, 9.17) is 16.0 Å². The van der Waals surface area contributed by atoms with Gasteiger partial charge < -0.3 is 9.73 Å². The van der Waals surface area contributed by atoms with Crippen LogP contribution >= 0.6 is 11.6 Å². The van der Waals surface area contributed by atoms with Crippen molar-refractivity contribution >= 4 is 34.0 Å². The maximum atomic E-state index is 13.2. The van der Waals surface area contributed by atoms with Crippen LogP contribution in [-0.2, 0) is 12.7 Å². The lowest BCUT2D eigenvalue weighted by Gasteiger charge is -2.10. The maximum Gasteiger partial charge on any atom is 0.416 e. The van der Waals surface area contributed by atoms with E-state index in [1.807, 2.05) is 6.07 Å². The molecule has 6 nitrogen and oxygen atoms in total. The standard InChI is InChI=1S/C21H13ClF3N5O/c22-14-6-7-17-16(10-14)19(26-11-15-5-2-8-31-15)27-20-18(28-29-30(17)20)12-3-1-4-13(9-12)21(23,24)25/h1-10H,11H2,(H,26,27). The summed E-state index contributed by atoms with van der Waals surface area (Å²) in [5.41, 5.74) is 0.708. The number of aromatic nitrogens is 4. The number of rotatable bonds is 4. The van der Waals surface area contributed by atoms with Crippen LogP contribution in [0.3, 0.4) is 0 Å². The number of fused-ring (bicyclic) bond motifs is 3. The zero-order chi connectivity index (χ0) is 21.6. The van der Waals surface area contributed by atoms with E-state index >= 15 is 0 Å². The SMILES string of the molecule is FC(F)(F)c1cccc(-c2nnn3c2nc(NCc2ccco2)c2cc(Cl)ccc23)c1. The van der Waals surface area contributed by atoms with Gasteiger partial charge in [-0.2, -0.15) is 17.7 Å². The molecule has 31 heavy (non-hydrogen) atoms. The van der Waals surface area contributed by atoms with Gasteiger partial charge in [0.2, 0.25) is 0 Å². The van der Waals surface area contributed by atoms with E-state index in [1.165, 1.54) is 10.6 Å². The third kappa shape index (κ3) is 3.57. The van der Waals surface area contributed by atoms with Crippen molar-refractivity contribution in [2.75, 3.05) is 5.32 Å². The molecule has 0 aliphatic carbocycles. The van der Waals surface area contributed by atoms with Crippen LogP contribution in [-0.4, -0.2) is 19.8 Å². The Morgan fingerprint density at radius 3 is 2.71 bits per heavy atom. The Bertz CT molecular complexity index is 1400. The molecule has 1 N–H and O–H groups in total. The number of nitrogens with one attached hydrogen (secondary N) is 1. The van der Waals surface area contributed by atoms with Crippen LogP contribution in [0.4, 0.5) is 19.0 Å². The van der Waals surface area contributed by atoms with Crippen LogP contribution in [0.15, 0.2) is 65.3 Å². The summed E-state index contributed by atoms with van der Waals surface area (Å²) in [5.74, 6) is 1.18. The highest BCUT2D eigenvalue weighted by Gasteiger charge is 2.31. The van der Waals surface area contributed by atoms with E-state index in [1.54, 1.807) is 36.6 Å². The summed E-state index contributed by atoms with van der Waals surface area (Å²) in [6.45, 7) is 0.359. The second kappa shape index (κ2) is 7.28. The normalized spacial score (nSPS) is 12.0. The van der Waals surface area contributed by atoms with Gasteiger partial charge in [0.25, 0.3) is 0 Å². The number of anilines is 1. The lowest BCUT2D eigenvalue weighted by atomic mass is 10.1. The first-order valence-corrected chi connectivity index (χ1v) is 9.56. The van der Waals surface area contributed by atoms with Gasteiger partial charge in [0.1, 0.15) is 17.3 Å². The summed E-state index contributed by atoms with van der Waals surface area (Å²) in [5, 5.41) is 12.6. The Morgan fingerprint density at radius 2 is 1.94 bits per heavy atom. The molecule has 0 fully saturated rings. The molecule has 156 valence electrons. The molecule has 0 bridgehead atoms.